The predicted molar refractivity (Wildman–Crippen MR) is 80.6 cm³/mol. The predicted octanol–water partition coefficient (Wildman–Crippen LogP) is 2.38. The first-order chi connectivity index (χ1) is 8.91. The molecule has 3 N–H and O–H groups in total. The Kier molecular flexibility index (Phi) is 6.12. The second-order valence-electron chi connectivity index (χ2n) is 4.92. The molecule has 0 spiro atoms. The van der Waals surface area contributed by atoms with E-state index in [1.165, 1.54) is 0 Å². The fraction of sp³-hybridized carbons (Fsp3) is 0.500. The third kappa shape index (κ3) is 5.09. The number of amides is 1. The van der Waals surface area contributed by atoms with Crippen LogP contribution in [0.3, 0.4) is 0 Å². The molecule has 5 heteroatoms. The smallest absolute Gasteiger partial charge is 0.251 e. The number of carbonyl (C=O) groups excluding carboxylic acids is 1. The van der Waals surface area contributed by atoms with E-state index in [-0.39, 0.29) is 5.91 Å². The summed E-state index contributed by atoms with van der Waals surface area (Å²) < 4.78 is 0. The molecule has 0 heterocycles. The highest BCUT2D eigenvalue weighted by molar-refractivity contribution is 6.33. The maximum absolute atomic E-state index is 11.9. The molecule has 1 aromatic carbocycles. The molecule has 4 nitrogen and oxygen atoms in total. The average molecular weight is 284 g/mol. The summed E-state index contributed by atoms with van der Waals surface area (Å²) in [5.41, 5.74) is 6.62. The Morgan fingerprint density at radius 3 is 2.74 bits per heavy atom. The molecule has 0 atom stereocenters. The fourth-order valence-electron chi connectivity index (χ4n) is 1.56. The molecule has 106 valence electrons. The molecule has 1 rings (SSSR count). The molecule has 1 aromatic rings. The lowest BCUT2D eigenvalue weighted by molar-refractivity contribution is 0.0951. The van der Waals surface area contributed by atoms with E-state index in [9.17, 15) is 4.79 Å². The number of nitrogens with one attached hydrogen (secondary N) is 1. The summed E-state index contributed by atoms with van der Waals surface area (Å²) in [5.74, 6) is -0.117. The van der Waals surface area contributed by atoms with Crippen LogP contribution in [0.15, 0.2) is 18.2 Å². The number of hydrogen-bond acceptors (Lipinski definition) is 3. The number of benzene rings is 1. The Balaban J connectivity index is 2.37. The largest absolute Gasteiger partial charge is 0.398 e. The molecule has 0 aliphatic rings. The van der Waals surface area contributed by atoms with Gasteiger partial charge < -0.3 is 16.0 Å². The van der Waals surface area contributed by atoms with Crippen molar-refractivity contribution in [2.45, 2.75) is 26.3 Å². The van der Waals surface area contributed by atoms with E-state index in [1.807, 2.05) is 0 Å². The number of nitrogens with zero attached hydrogens (tertiary/aromatic N) is 1. The van der Waals surface area contributed by atoms with E-state index in [2.05, 4.69) is 31.1 Å². The molecule has 0 aromatic heterocycles. The van der Waals surface area contributed by atoms with Gasteiger partial charge in [0.15, 0.2) is 0 Å². The van der Waals surface area contributed by atoms with E-state index >= 15 is 0 Å². The van der Waals surface area contributed by atoms with Gasteiger partial charge in [0, 0.05) is 18.2 Å². The Morgan fingerprint density at radius 2 is 2.16 bits per heavy atom. The van der Waals surface area contributed by atoms with Gasteiger partial charge in [0.1, 0.15) is 0 Å². The van der Waals surface area contributed by atoms with E-state index < -0.39 is 0 Å². The SMILES string of the molecule is CC(C)N(C)CCCNC(=O)c1ccc(N)c(Cl)c1. The maximum Gasteiger partial charge on any atom is 0.251 e. The molecular formula is C14H22ClN3O. The number of carbonyl (C=O) groups is 1. The highest BCUT2D eigenvalue weighted by Gasteiger charge is 2.07. The fourth-order valence-corrected chi connectivity index (χ4v) is 1.74. The van der Waals surface area contributed by atoms with Crippen molar-refractivity contribution in [3.63, 3.8) is 0 Å². The van der Waals surface area contributed by atoms with Gasteiger partial charge in [0.25, 0.3) is 5.91 Å². The van der Waals surface area contributed by atoms with Crippen LogP contribution in [-0.4, -0.2) is 37.0 Å². The molecular weight excluding hydrogens is 262 g/mol. The van der Waals surface area contributed by atoms with Crippen LogP contribution in [0.1, 0.15) is 30.6 Å². The molecule has 19 heavy (non-hydrogen) atoms. The Labute approximate surface area is 119 Å². The van der Waals surface area contributed by atoms with Gasteiger partial charge in [-0.1, -0.05) is 11.6 Å². The lowest BCUT2D eigenvalue weighted by atomic mass is 10.2. The van der Waals surface area contributed by atoms with Crippen molar-refractivity contribution >= 4 is 23.2 Å². The summed E-state index contributed by atoms with van der Waals surface area (Å²) in [7, 11) is 2.08. The standard InChI is InChI=1S/C14H22ClN3O/c1-10(2)18(3)8-4-7-17-14(19)11-5-6-13(16)12(15)9-11/h5-6,9-10H,4,7-8,16H2,1-3H3,(H,17,19). The van der Waals surface area contributed by atoms with Crippen molar-refractivity contribution in [1.82, 2.24) is 10.2 Å². The molecule has 0 aliphatic carbocycles. The molecule has 0 radical (unpaired) electrons. The summed E-state index contributed by atoms with van der Waals surface area (Å²) in [6, 6.07) is 5.43. The number of nitrogens with two attached hydrogens (primary N) is 1. The highest BCUT2D eigenvalue weighted by atomic mass is 35.5. The Hall–Kier alpha value is -1.26. The lowest BCUT2D eigenvalue weighted by Gasteiger charge is -2.20. The van der Waals surface area contributed by atoms with Gasteiger partial charge >= 0.3 is 0 Å². The van der Waals surface area contributed by atoms with Crippen LogP contribution >= 0.6 is 11.6 Å². The first-order valence-corrected chi connectivity index (χ1v) is 6.83. The molecule has 0 fully saturated rings. The topological polar surface area (TPSA) is 58.4 Å². The van der Waals surface area contributed by atoms with Gasteiger partial charge in [0.05, 0.1) is 10.7 Å². The van der Waals surface area contributed by atoms with Gasteiger partial charge in [-0.25, -0.2) is 0 Å². The Morgan fingerprint density at radius 1 is 1.47 bits per heavy atom. The van der Waals surface area contributed by atoms with E-state index in [1.54, 1.807) is 18.2 Å². The maximum atomic E-state index is 11.9. The molecule has 0 saturated carbocycles. The number of rotatable bonds is 6. The van der Waals surface area contributed by atoms with E-state index in [0.29, 0.717) is 28.9 Å². The minimum atomic E-state index is -0.117. The van der Waals surface area contributed by atoms with Crippen molar-refractivity contribution in [2.75, 3.05) is 25.9 Å². The van der Waals surface area contributed by atoms with Gasteiger partial charge in [-0.3, -0.25) is 4.79 Å². The van der Waals surface area contributed by atoms with Crippen LogP contribution in [0.4, 0.5) is 5.69 Å². The van der Waals surface area contributed by atoms with Gasteiger partial charge in [0.2, 0.25) is 0 Å². The van der Waals surface area contributed by atoms with E-state index in [0.717, 1.165) is 13.0 Å². The second kappa shape index (κ2) is 7.36. The summed E-state index contributed by atoms with van der Waals surface area (Å²) >= 11 is 5.88. The van der Waals surface area contributed by atoms with Crippen molar-refractivity contribution in [3.05, 3.63) is 28.8 Å². The van der Waals surface area contributed by atoms with E-state index in [4.69, 9.17) is 17.3 Å². The highest BCUT2D eigenvalue weighted by Crippen LogP contribution is 2.19. The summed E-state index contributed by atoms with van der Waals surface area (Å²) in [4.78, 5) is 14.1. The first kappa shape index (κ1) is 15.8. The average Bonchev–Trinajstić information content (AvgIpc) is 2.37. The number of nitrogen functional groups attached to an aromatic ring is 1. The number of halogens is 1. The quantitative estimate of drug-likeness (QED) is 0.622. The van der Waals surface area contributed by atoms with Crippen LogP contribution in [0.25, 0.3) is 0 Å². The monoisotopic (exact) mass is 283 g/mol. The van der Waals surface area contributed by atoms with Crippen LogP contribution in [0.5, 0.6) is 0 Å². The van der Waals surface area contributed by atoms with Crippen molar-refractivity contribution in [3.8, 4) is 0 Å². The normalized spacial score (nSPS) is 11.1. The summed E-state index contributed by atoms with van der Waals surface area (Å²) in [6.45, 7) is 5.90. The van der Waals surface area contributed by atoms with Crippen LogP contribution < -0.4 is 11.1 Å². The lowest BCUT2D eigenvalue weighted by Crippen LogP contribution is -2.31. The minimum absolute atomic E-state index is 0.117. The molecule has 0 bridgehead atoms. The first-order valence-electron chi connectivity index (χ1n) is 6.45. The third-order valence-electron chi connectivity index (χ3n) is 3.12. The van der Waals surface area contributed by atoms with Gasteiger partial charge in [-0.05, 0) is 52.1 Å². The van der Waals surface area contributed by atoms with Gasteiger partial charge in [-0.15, -0.1) is 0 Å². The van der Waals surface area contributed by atoms with Crippen molar-refractivity contribution in [2.24, 2.45) is 0 Å². The zero-order chi connectivity index (χ0) is 14.4. The van der Waals surface area contributed by atoms with Crippen molar-refractivity contribution in [1.29, 1.82) is 0 Å². The zero-order valence-electron chi connectivity index (χ0n) is 11.7. The summed E-state index contributed by atoms with van der Waals surface area (Å²) in [6.07, 6.45) is 0.920. The number of hydrogen-bond donors (Lipinski definition) is 2. The van der Waals surface area contributed by atoms with Gasteiger partial charge in [-0.2, -0.15) is 0 Å². The molecule has 0 unspecified atom stereocenters. The Bertz CT molecular complexity index is 435. The summed E-state index contributed by atoms with van der Waals surface area (Å²) in [5, 5.41) is 3.28. The molecule has 1 amide bonds. The van der Waals surface area contributed by atoms with Crippen LogP contribution in [0.2, 0.25) is 5.02 Å². The second-order valence-corrected chi connectivity index (χ2v) is 5.33. The molecule has 0 aliphatic heterocycles. The zero-order valence-corrected chi connectivity index (χ0v) is 12.5. The van der Waals surface area contributed by atoms with Crippen LogP contribution in [-0.2, 0) is 0 Å². The van der Waals surface area contributed by atoms with Crippen LogP contribution in [0, 0.1) is 0 Å². The minimum Gasteiger partial charge on any atom is -0.398 e. The number of anilines is 1. The van der Waals surface area contributed by atoms with Crippen molar-refractivity contribution < 1.29 is 4.79 Å². The molecule has 0 saturated heterocycles. The third-order valence-corrected chi connectivity index (χ3v) is 3.44.